The lowest BCUT2D eigenvalue weighted by Gasteiger charge is -2.43. The van der Waals surface area contributed by atoms with E-state index in [2.05, 4.69) is 11.8 Å². The summed E-state index contributed by atoms with van der Waals surface area (Å²) in [7, 11) is -1.54. The van der Waals surface area contributed by atoms with Gasteiger partial charge in [0.1, 0.15) is 5.75 Å². The number of amides is 1. The molecule has 6 nitrogen and oxygen atoms in total. The average Bonchev–Trinajstić information content (AvgIpc) is 2.90. The second-order valence-electron chi connectivity index (χ2n) is 6.85. The van der Waals surface area contributed by atoms with E-state index < -0.39 is 9.84 Å². The summed E-state index contributed by atoms with van der Waals surface area (Å²) >= 11 is 0. The number of hydrogen-bond acceptors (Lipinski definition) is 5. The number of methoxy groups -OCH3 is 1. The summed E-state index contributed by atoms with van der Waals surface area (Å²) in [5.41, 5.74) is 0.742. The molecule has 0 aliphatic carbocycles. The molecule has 0 radical (unpaired) electrons. The number of benzene rings is 1. The van der Waals surface area contributed by atoms with E-state index in [4.69, 9.17) is 4.74 Å². The molecule has 0 spiro atoms. The molecular formula is C18H26N2O4S. The molecule has 1 aromatic carbocycles. The topological polar surface area (TPSA) is 66.9 Å². The smallest absolute Gasteiger partial charge is 0.241 e. The van der Waals surface area contributed by atoms with Gasteiger partial charge in [0.25, 0.3) is 0 Å². The molecule has 2 aliphatic rings. The third kappa shape index (κ3) is 3.82. The number of ether oxygens (including phenoxy) is 1. The molecule has 2 saturated heterocycles. The SMILES string of the molecule is CCCCCN1CC(=O)N(c2ccc(OC)cc2)[C@@H]2CS(=O)(=O)C[C@@H]21. The van der Waals surface area contributed by atoms with Crippen LogP contribution < -0.4 is 9.64 Å². The number of sulfone groups is 1. The Labute approximate surface area is 149 Å². The van der Waals surface area contributed by atoms with Crippen molar-refractivity contribution < 1.29 is 17.9 Å². The minimum Gasteiger partial charge on any atom is -0.497 e. The van der Waals surface area contributed by atoms with Crippen LogP contribution in [0.3, 0.4) is 0 Å². The third-order valence-electron chi connectivity index (χ3n) is 5.10. The van der Waals surface area contributed by atoms with Crippen LogP contribution in [0.25, 0.3) is 0 Å². The molecule has 2 aliphatic heterocycles. The van der Waals surface area contributed by atoms with Gasteiger partial charge in [-0.3, -0.25) is 9.69 Å². The van der Waals surface area contributed by atoms with Gasteiger partial charge in [0, 0.05) is 11.7 Å². The Morgan fingerprint density at radius 2 is 1.80 bits per heavy atom. The fourth-order valence-electron chi connectivity index (χ4n) is 3.85. The molecule has 0 aromatic heterocycles. The minimum absolute atomic E-state index is 0.0278. The maximum Gasteiger partial charge on any atom is 0.241 e. The predicted molar refractivity (Wildman–Crippen MR) is 97.8 cm³/mol. The van der Waals surface area contributed by atoms with Crippen molar-refractivity contribution in [1.82, 2.24) is 4.90 Å². The maximum atomic E-state index is 12.8. The Balaban J connectivity index is 1.86. The highest BCUT2D eigenvalue weighted by Crippen LogP contribution is 2.32. The van der Waals surface area contributed by atoms with Crippen molar-refractivity contribution >= 4 is 21.4 Å². The summed E-state index contributed by atoms with van der Waals surface area (Å²) in [6.45, 7) is 3.20. The molecule has 2 atom stereocenters. The second-order valence-corrected chi connectivity index (χ2v) is 9.00. The first-order valence-corrected chi connectivity index (χ1v) is 10.7. The number of carbonyl (C=O) groups is 1. The molecule has 7 heteroatoms. The third-order valence-corrected chi connectivity index (χ3v) is 6.80. The zero-order valence-electron chi connectivity index (χ0n) is 14.8. The largest absolute Gasteiger partial charge is 0.497 e. The van der Waals surface area contributed by atoms with E-state index in [1.807, 2.05) is 12.1 Å². The molecule has 0 N–H and O–H groups in total. The van der Waals surface area contributed by atoms with Crippen LogP contribution in [0.1, 0.15) is 26.2 Å². The highest BCUT2D eigenvalue weighted by atomic mass is 32.2. The van der Waals surface area contributed by atoms with Crippen LogP contribution in [0.4, 0.5) is 5.69 Å². The summed E-state index contributed by atoms with van der Waals surface area (Å²) < 4.78 is 29.7. The van der Waals surface area contributed by atoms with Crippen molar-refractivity contribution in [3.05, 3.63) is 24.3 Å². The van der Waals surface area contributed by atoms with Gasteiger partial charge >= 0.3 is 0 Å². The Kier molecular flexibility index (Phi) is 5.34. The number of piperazine rings is 1. The van der Waals surface area contributed by atoms with Gasteiger partial charge < -0.3 is 9.64 Å². The Hall–Kier alpha value is -1.60. The highest BCUT2D eigenvalue weighted by molar-refractivity contribution is 7.91. The lowest BCUT2D eigenvalue weighted by Crippen LogP contribution is -2.62. The Bertz CT molecular complexity index is 717. The Morgan fingerprint density at radius 1 is 1.12 bits per heavy atom. The molecular weight excluding hydrogens is 340 g/mol. The van der Waals surface area contributed by atoms with Gasteiger partial charge in [-0.15, -0.1) is 0 Å². The van der Waals surface area contributed by atoms with Crippen molar-refractivity contribution in [2.45, 2.75) is 38.3 Å². The summed E-state index contributed by atoms with van der Waals surface area (Å²) in [5.74, 6) is 0.869. The van der Waals surface area contributed by atoms with Crippen molar-refractivity contribution in [1.29, 1.82) is 0 Å². The molecule has 0 saturated carbocycles. The van der Waals surface area contributed by atoms with Crippen LogP contribution in [0, 0.1) is 0 Å². The normalized spacial score (nSPS) is 25.8. The first-order valence-electron chi connectivity index (χ1n) is 8.86. The van der Waals surface area contributed by atoms with Crippen LogP contribution in [0.15, 0.2) is 24.3 Å². The van der Waals surface area contributed by atoms with Crippen molar-refractivity contribution in [3.63, 3.8) is 0 Å². The quantitative estimate of drug-likeness (QED) is 0.717. The van der Waals surface area contributed by atoms with Crippen LogP contribution in [0.5, 0.6) is 5.75 Å². The lowest BCUT2D eigenvalue weighted by molar-refractivity contribution is -0.123. The molecule has 2 fully saturated rings. The minimum atomic E-state index is -3.13. The first kappa shape index (κ1) is 18.2. The van der Waals surface area contributed by atoms with E-state index in [0.29, 0.717) is 5.75 Å². The summed E-state index contributed by atoms with van der Waals surface area (Å²) in [5, 5.41) is 0. The molecule has 138 valence electrons. The number of hydrogen-bond donors (Lipinski definition) is 0. The molecule has 0 bridgehead atoms. The van der Waals surface area contributed by atoms with Crippen LogP contribution in [0.2, 0.25) is 0 Å². The Morgan fingerprint density at radius 3 is 2.44 bits per heavy atom. The molecule has 25 heavy (non-hydrogen) atoms. The van der Waals surface area contributed by atoms with Crippen molar-refractivity contribution in [3.8, 4) is 5.75 Å². The number of unbranched alkanes of at least 4 members (excludes halogenated alkanes) is 2. The summed E-state index contributed by atoms with van der Waals surface area (Å²) in [6.07, 6.45) is 3.19. The van der Waals surface area contributed by atoms with Gasteiger partial charge in [-0.2, -0.15) is 0 Å². The number of nitrogens with zero attached hydrogens (tertiary/aromatic N) is 2. The molecule has 3 rings (SSSR count). The monoisotopic (exact) mass is 366 g/mol. The van der Waals surface area contributed by atoms with Crippen LogP contribution in [-0.2, 0) is 14.6 Å². The number of rotatable bonds is 6. The standard InChI is InChI=1S/C18H26N2O4S/c1-3-4-5-10-19-11-18(21)20(14-6-8-15(24-2)9-7-14)17-13-25(22,23)12-16(17)19/h6-9,16-17H,3-5,10-13H2,1-2H3/t16-,17+/m0/s1. The zero-order valence-corrected chi connectivity index (χ0v) is 15.7. The maximum absolute atomic E-state index is 12.8. The summed E-state index contributed by atoms with van der Waals surface area (Å²) in [6, 6.07) is 6.84. The fraction of sp³-hybridized carbons (Fsp3) is 0.611. The number of fused-ring (bicyclic) bond motifs is 1. The highest BCUT2D eigenvalue weighted by Gasteiger charge is 2.49. The van der Waals surface area contributed by atoms with Gasteiger partial charge in [-0.25, -0.2) is 8.42 Å². The molecule has 1 amide bonds. The predicted octanol–water partition coefficient (Wildman–Crippen LogP) is 1.70. The van der Waals surface area contributed by atoms with E-state index in [-0.39, 0.29) is 36.0 Å². The fourth-order valence-corrected chi connectivity index (χ4v) is 5.83. The molecule has 0 unspecified atom stereocenters. The van der Waals surface area contributed by atoms with E-state index in [1.54, 1.807) is 24.1 Å². The van der Waals surface area contributed by atoms with Gasteiger partial charge in [-0.05, 0) is 37.2 Å². The zero-order chi connectivity index (χ0) is 18.0. The number of carbonyl (C=O) groups excluding carboxylic acids is 1. The number of anilines is 1. The van der Waals surface area contributed by atoms with E-state index in [1.165, 1.54) is 0 Å². The van der Waals surface area contributed by atoms with Gasteiger partial charge in [-0.1, -0.05) is 19.8 Å². The van der Waals surface area contributed by atoms with Crippen molar-refractivity contribution in [2.24, 2.45) is 0 Å². The summed E-state index contributed by atoms with van der Waals surface area (Å²) in [4.78, 5) is 16.6. The van der Waals surface area contributed by atoms with Gasteiger partial charge in [0.05, 0.1) is 31.2 Å². The second kappa shape index (κ2) is 7.33. The van der Waals surface area contributed by atoms with E-state index >= 15 is 0 Å². The van der Waals surface area contributed by atoms with E-state index in [0.717, 1.165) is 31.5 Å². The molecule has 1 aromatic rings. The lowest BCUT2D eigenvalue weighted by atomic mass is 10.0. The van der Waals surface area contributed by atoms with Crippen LogP contribution >= 0.6 is 0 Å². The first-order chi connectivity index (χ1) is 11.9. The molecule has 2 heterocycles. The van der Waals surface area contributed by atoms with Crippen molar-refractivity contribution in [2.75, 3.05) is 36.6 Å². The van der Waals surface area contributed by atoms with Crippen LogP contribution in [-0.4, -0.2) is 63.0 Å². The van der Waals surface area contributed by atoms with Gasteiger partial charge in [0.15, 0.2) is 9.84 Å². The van der Waals surface area contributed by atoms with Gasteiger partial charge in [0.2, 0.25) is 5.91 Å². The van der Waals surface area contributed by atoms with E-state index in [9.17, 15) is 13.2 Å². The average molecular weight is 366 g/mol.